The van der Waals surface area contributed by atoms with Gasteiger partial charge in [0.05, 0.1) is 12.0 Å². The summed E-state index contributed by atoms with van der Waals surface area (Å²) in [5, 5.41) is 10.2. The van der Waals surface area contributed by atoms with Crippen molar-refractivity contribution < 1.29 is 14.0 Å². The van der Waals surface area contributed by atoms with Crippen molar-refractivity contribution in [2.24, 2.45) is 5.92 Å². The van der Waals surface area contributed by atoms with Crippen molar-refractivity contribution in [2.75, 3.05) is 13.1 Å². The molecule has 1 saturated heterocycles. The maximum Gasteiger partial charge on any atom is 0.247 e. The molecule has 0 saturated carbocycles. The Hall–Kier alpha value is -2.61. The molecule has 2 atom stereocenters. The molecule has 0 N–H and O–H groups in total. The summed E-state index contributed by atoms with van der Waals surface area (Å²) in [7, 11) is 0. The van der Waals surface area contributed by atoms with Gasteiger partial charge >= 0.3 is 0 Å². The van der Waals surface area contributed by atoms with Gasteiger partial charge in [-0.1, -0.05) is 18.2 Å². The molecular formula is C18H18N2O3. The maximum absolute atomic E-state index is 12.6. The minimum Gasteiger partial charge on any atom is -0.460 e. The van der Waals surface area contributed by atoms with E-state index in [1.165, 1.54) is 0 Å². The standard InChI is InChI=1S/C18H18N2O3/c1-12(16-10-13-6-2-3-7-15(13)23-16)17(21)14(11-19)18(22)20-8-4-5-9-20/h2-3,6-7,10,12,14H,4-5,8-9H2,1H3/t12-,14+/m0/s1. The van der Waals surface area contributed by atoms with Gasteiger partial charge in [0.25, 0.3) is 0 Å². The SMILES string of the molecule is C[C@H](C(=O)[C@@H](C#N)C(=O)N1CCCC1)c1cc2ccccc2o1. The highest BCUT2D eigenvalue weighted by molar-refractivity contribution is 6.06. The lowest BCUT2D eigenvalue weighted by Gasteiger charge is -2.19. The van der Waals surface area contributed by atoms with E-state index in [9.17, 15) is 14.9 Å². The fourth-order valence-corrected chi connectivity index (χ4v) is 2.97. The topological polar surface area (TPSA) is 74.3 Å². The highest BCUT2D eigenvalue weighted by Gasteiger charge is 2.36. The summed E-state index contributed by atoms with van der Waals surface area (Å²) >= 11 is 0. The van der Waals surface area contributed by atoms with Gasteiger partial charge in [0.15, 0.2) is 11.7 Å². The quantitative estimate of drug-likeness (QED) is 0.814. The summed E-state index contributed by atoms with van der Waals surface area (Å²) in [6.07, 6.45) is 1.86. The van der Waals surface area contributed by atoms with E-state index in [0.717, 1.165) is 18.2 Å². The van der Waals surface area contributed by atoms with Crippen LogP contribution in [0.15, 0.2) is 34.7 Å². The normalized spacial score (nSPS) is 17.0. The fraction of sp³-hybridized carbons (Fsp3) is 0.389. The summed E-state index contributed by atoms with van der Waals surface area (Å²) in [4.78, 5) is 26.6. The number of furan rings is 1. The van der Waals surface area contributed by atoms with Crippen LogP contribution in [-0.2, 0) is 9.59 Å². The van der Waals surface area contributed by atoms with Crippen molar-refractivity contribution in [1.82, 2.24) is 4.90 Å². The van der Waals surface area contributed by atoms with Crippen LogP contribution < -0.4 is 0 Å². The van der Waals surface area contributed by atoms with E-state index in [4.69, 9.17) is 4.42 Å². The zero-order valence-electron chi connectivity index (χ0n) is 13.0. The van der Waals surface area contributed by atoms with E-state index < -0.39 is 17.6 Å². The summed E-state index contributed by atoms with van der Waals surface area (Å²) in [6.45, 7) is 2.94. The third kappa shape index (κ3) is 2.85. The molecule has 1 aliphatic heterocycles. The zero-order valence-corrected chi connectivity index (χ0v) is 13.0. The average molecular weight is 310 g/mol. The van der Waals surface area contributed by atoms with Crippen LogP contribution >= 0.6 is 0 Å². The highest BCUT2D eigenvalue weighted by atomic mass is 16.3. The summed E-state index contributed by atoms with van der Waals surface area (Å²) < 4.78 is 5.70. The second kappa shape index (κ2) is 6.25. The van der Waals surface area contributed by atoms with E-state index in [1.54, 1.807) is 17.9 Å². The van der Waals surface area contributed by atoms with Gasteiger partial charge in [-0.05, 0) is 31.9 Å². The number of nitrogens with zero attached hydrogens (tertiary/aromatic N) is 2. The minimum absolute atomic E-state index is 0.377. The molecule has 5 nitrogen and oxygen atoms in total. The number of Topliss-reactive ketones (excluding diaryl/α,β-unsaturated/α-hetero) is 1. The Morgan fingerprint density at radius 2 is 1.96 bits per heavy atom. The number of hydrogen-bond acceptors (Lipinski definition) is 4. The first-order chi connectivity index (χ1) is 11.1. The number of rotatable bonds is 4. The summed E-state index contributed by atoms with van der Waals surface area (Å²) in [5.41, 5.74) is 0.696. The number of carbonyl (C=O) groups excluding carboxylic acids is 2. The molecule has 23 heavy (non-hydrogen) atoms. The van der Waals surface area contributed by atoms with Crippen LogP contribution in [0, 0.1) is 17.2 Å². The Morgan fingerprint density at radius 1 is 1.26 bits per heavy atom. The van der Waals surface area contributed by atoms with E-state index in [-0.39, 0.29) is 5.91 Å². The molecule has 1 aromatic heterocycles. The highest BCUT2D eigenvalue weighted by Crippen LogP contribution is 2.28. The molecule has 0 radical (unpaired) electrons. The molecule has 1 amide bonds. The predicted molar refractivity (Wildman–Crippen MR) is 84.6 cm³/mol. The maximum atomic E-state index is 12.6. The Bertz CT molecular complexity index is 748. The first-order valence-electron chi connectivity index (χ1n) is 7.82. The van der Waals surface area contributed by atoms with Gasteiger partial charge < -0.3 is 9.32 Å². The number of amides is 1. The molecule has 5 heteroatoms. The van der Waals surface area contributed by atoms with Gasteiger partial charge in [-0.25, -0.2) is 0 Å². The van der Waals surface area contributed by atoms with Crippen LogP contribution in [0.25, 0.3) is 11.0 Å². The van der Waals surface area contributed by atoms with Crippen molar-refractivity contribution in [3.63, 3.8) is 0 Å². The number of hydrogen-bond donors (Lipinski definition) is 0. The van der Waals surface area contributed by atoms with Crippen molar-refractivity contribution in [2.45, 2.75) is 25.7 Å². The van der Waals surface area contributed by atoms with Crippen molar-refractivity contribution >= 4 is 22.7 Å². The van der Waals surface area contributed by atoms with Crippen LogP contribution in [0.3, 0.4) is 0 Å². The first-order valence-corrected chi connectivity index (χ1v) is 7.82. The zero-order chi connectivity index (χ0) is 16.4. The first kappa shape index (κ1) is 15.3. The molecule has 1 aliphatic rings. The smallest absolute Gasteiger partial charge is 0.247 e. The van der Waals surface area contributed by atoms with Gasteiger partial charge in [0, 0.05) is 18.5 Å². The van der Waals surface area contributed by atoms with Gasteiger partial charge in [-0.15, -0.1) is 0 Å². The number of para-hydroxylation sites is 1. The Morgan fingerprint density at radius 3 is 2.61 bits per heavy atom. The van der Waals surface area contributed by atoms with Gasteiger partial charge in [-0.2, -0.15) is 5.26 Å². The summed E-state index contributed by atoms with van der Waals surface area (Å²) in [5.74, 6) is -2.16. The van der Waals surface area contributed by atoms with Crippen LogP contribution in [-0.4, -0.2) is 29.7 Å². The van der Waals surface area contributed by atoms with E-state index in [2.05, 4.69) is 0 Å². The third-order valence-corrected chi connectivity index (χ3v) is 4.38. The number of nitriles is 1. The molecule has 1 aromatic carbocycles. The Balaban J connectivity index is 1.82. The van der Waals surface area contributed by atoms with Gasteiger partial charge in [0.2, 0.25) is 5.91 Å². The second-order valence-corrected chi connectivity index (χ2v) is 5.91. The molecule has 2 heterocycles. The van der Waals surface area contributed by atoms with E-state index in [1.807, 2.05) is 30.3 Å². The average Bonchev–Trinajstić information content (AvgIpc) is 3.23. The molecule has 1 fully saturated rings. The van der Waals surface area contributed by atoms with E-state index in [0.29, 0.717) is 24.4 Å². The monoisotopic (exact) mass is 310 g/mol. The molecule has 0 aliphatic carbocycles. The molecule has 3 rings (SSSR count). The third-order valence-electron chi connectivity index (χ3n) is 4.38. The van der Waals surface area contributed by atoms with Crippen molar-refractivity contribution in [3.05, 3.63) is 36.1 Å². The number of fused-ring (bicyclic) bond motifs is 1. The molecule has 0 unspecified atom stereocenters. The molecular weight excluding hydrogens is 292 g/mol. The van der Waals surface area contributed by atoms with Crippen LogP contribution in [0.4, 0.5) is 0 Å². The number of ketones is 1. The van der Waals surface area contributed by atoms with Crippen molar-refractivity contribution in [3.8, 4) is 6.07 Å². The lowest BCUT2D eigenvalue weighted by molar-refractivity contribution is -0.138. The molecule has 0 spiro atoms. The number of carbonyl (C=O) groups is 2. The largest absolute Gasteiger partial charge is 0.460 e. The Labute approximate surface area is 134 Å². The minimum atomic E-state index is -1.25. The molecule has 0 bridgehead atoms. The van der Waals surface area contributed by atoms with Crippen LogP contribution in [0.1, 0.15) is 31.4 Å². The van der Waals surface area contributed by atoms with Crippen molar-refractivity contribution in [1.29, 1.82) is 5.26 Å². The summed E-state index contributed by atoms with van der Waals surface area (Å²) in [6, 6.07) is 11.2. The molecule has 118 valence electrons. The van der Waals surface area contributed by atoms with Gasteiger partial charge in [0.1, 0.15) is 11.3 Å². The Kier molecular flexibility index (Phi) is 4.16. The van der Waals surface area contributed by atoms with Crippen LogP contribution in [0.5, 0.6) is 0 Å². The fourth-order valence-electron chi connectivity index (χ4n) is 2.97. The van der Waals surface area contributed by atoms with Gasteiger partial charge in [-0.3, -0.25) is 9.59 Å². The molecule has 2 aromatic rings. The second-order valence-electron chi connectivity index (χ2n) is 5.91. The lowest BCUT2D eigenvalue weighted by Crippen LogP contribution is -2.38. The lowest BCUT2D eigenvalue weighted by atomic mass is 9.92. The predicted octanol–water partition coefficient (Wildman–Crippen LogP) is 2.87. The number of likely N-dealkylation sites (tertiary alicyclic amines) is 1. The van der Waals surface area contributed by atoms with E-state index >= 15 is 0 Å². The van der Waals surface area contributed by atoms with Crippen LogP contribution in [0.2, 0.25) is 0 Å². The number of benzene rings is 1.